The maximum absolute atomic E-state index is 12.5. The van der Waals surface area contributed by atoms with Crippen LogP contribution in [0.1, 0.15) is 49.6 Å². The third kappa shape index (κ3) is 3.81. The molecule has 1 aromatic heterocycles. The molecule has 3 atom stereocenters. The summed E-state index contributed by atoms with van der Waals surface area (Å²) < 4.78 is 0. The quantitative estimate of drug-likeness (QED) is 0.882. The molecule has 4 nitrogen and oxygen atoms in total. The summed E-state index contributed by atoms with van der Waals surface area (Å²) in [7, 11) is 0. The number of piperidine rings is 1. The van der Waals surface area contributed by atoms with Gasteiger partial charge in [-0.1, -0.05) is 20.8 Å². The van der Waals surface area contributed by atoms with Crippen LogP contribution in [0.25, 0.3) is 0 Å². The average Bonchev–Trinajstić information content (AvgIpc) is 2.81. The molecule has 2 aliphatic rings. The molecule has 0 radical (unpaired) electrons. The fourth-order valence-electron chi connectivity index (χ4n) is 4.42. The van der Waals surface area contributed by atoms with Gasteiger partial charge in [0.15, 0.2) is 6.54 Å². The lowest BCUT2D eigenvalue weighted by Gasteiger charge is -2.31. The Morgan fingerprint density at radius 2 is 2.00 bits per heavy atom. The van der Waals surface area contributed by atoms with Crippen LogP contribution in [0.2, 0.25) is 0 Å². The molecule has 1 saturated heterocycles. The number of amides is 1. The lowest BCUT2D eigenvalue weighted by atomic mass is 9.88. The fraction of sp³-hybridized carbons (Fsp3) is 0.684. The third-order valence-electron chi connectivity index (χ3n) is 5.37. The number of hydrogen-bond acceptors (Lipinski definition) is 3. The van der Waals surface area contributed by atoms with E-state index < -0.39 is 0 Å². The van der Waals surface area contributed by atoms with Gasteiger partial charge in [0.2, 0.25) is 0 Å². The van der Waals surface area contributed by atoms with Gasteiger partial charge in [-0.3, -0.25) is 4.79 Å². The molecular weight excluding hydrogens is 318 g/mol. The normalized spacial score (nSPS) is 29.6. The Hall–Kier alpha value is -1.38. The molecule has 5 heteroatoms. The molecule has 24 heavy (non-hydrogen) atoms. The molecular formula is C19H28N3OS+. The SMILES string of the molecule is C[C@@H]1CCc2c(sc(NC(=O)C[NH+]3C[C@@H](C)C[C@H](C)C3)c2C#N)C1. The summed E-state index contributed by atoms with van der Waals surface area (Å²) in [6.07, 6.45) is 4.41. The van der Waals surface area contributed by atoms with E-state index in [4.69, 9.17) is 0 Å². The van der Waals surface area contributed by atoms with Crippen molar-refractivity contribution < 1.29 is 9.69 Å². The number of carbonyl (C=O) groups is 1. The Labute approximate surface area is 148 Å². The topological polar surface area (TPSA) is 57.3 Å². The predicted octanol–water partition coefficient (Wildman–Crippen LogP) is 2.24. The summed E-state index contributed by atoms with van der Waals surface area (Å²) in [5.74, 6) is 2.09. The molecule has 1 aliphatic heterocycles. The number of likely N-dealkylation sites (tertiary alicyclic amines) is 1. The van der Waals surface area contributed by atoms with Crippen LogP contribution in [0.5, 0.6) is 0 Å². The van der Waals surface area contributed by atoms with Crippen LogP contribution in [0, 0.1) is 29.1 Å². The van der Waals surface area contributed by atoms with Gasteiger partial charge in [-0.25, -0.2) is 0 Å². The number of anilines is 1. The summed E-state index contributed by atoms with van der Waals surface area (Å²) in [6.45, 7) is 9.46. The summed E-state index contributed by atoms with van der Waals surface area (Å²) in [4.78, 5) is 15.2. The molecule has 0 spiro atoms. The van der Waals surface area contributed by atoms with Gasteiger partial charge in [-0.2, -0.15) is 5.26 Å². The molecule has 0 saturated carbocycles. The van der Waals surface area contributed by atoms with Gasteiger partial charge in [-0.15, -0.1) is 11.3 Å². The lowest BCUT2D eigenvalue weighted by molar-refractivity contribution is -0.904. The smallest absolute Gasteiger partial charge is 0.280 e. The zero-order chi connectivity index (χ0) is 17.3. The lowest BCUT2D eigenvalue weighted by Crippen LogP contribution is -3.15. The largest absolute Gasteiger partial charge is 0.327 e. The number of fused-ring (bicyclic) bond motifs is 1. The standard InChI is InChI=1S/C19H27N3OS/c1-12-4-5-15-16(8-20)19(24-17(15)7-12)21-18(23)11-22-9-13(2)6-14(3)10-22/h12-14H,4-7,9-11H2,1-3H3,(H,21,23)/p+1/t12-,13+,14+/m1/s1. The first kappa shape index (κ1) is 17.4. The maximum atomic E-state index is 12.5. The summed E-state index contributed by atoms with van der Waals surface area (Å²) in [5.41, 5.74) is 1.90. The minimum Gasteiger partial charge on any atom is -0.327 e. The first-order chi connectivity index (χ1) is 11.5. The Morgan fingerprint density at radius 1 is 1.29 bits per heavy atom. The van der Waals surface area contributed by atoms with Crippen LogP contribution < -0.4 is 10.2 Å². The second-order valence-electron chi connectivity index (χ2n) is 8.00. The van der Waals surface area contributed by atoms with Crippen molar-refractivity contribution >= 4 is 22.2 Å². The molecule has 1 aromatic rings. The average molecular weight is 347 g/mol. The van der Waals surface area contributed by atoms with Crippen molar-refractivity contribution in [3.63, 3.8) is 0 Å². The molecule has 2 heterocycles. The van der Waals surface area contributed by atoms with Crippen molar-refractivity contribution in [1.82, 2.24) is 0 Å². The van der Waals surface area contributed by atoms with Crippen molar-refractivity contribution in [2.24, 2.45) is 17.8 Å². The van der Waals surface area contributed by atoms with Crippen molar-refractivity contribution in [2.45, 2.75) is 46.5 Å². The minimum atomic E-state index is 0.0504. The Morgan fingerprint density at radius 3 is 2.67 bits per heavy atom. The van der Waals surface area contributed by atoms with E-state index >= 15 is 0 Å². The third-order valence-corrected chi connectivity index (χ3v) is 6.54. The first-order valence-corrected chi connectivity index (χ1v) is 9.96. The van der Waals surface area contributed by atoms with Gasteiger partial charge in [-0.05, 0) is 37.2 Å². The van der Waals surface area contributed by atoms with E-state index in [9.17, 15) is 10.1 Å². The van der Waals surface area contributed by atoms with Crippen LogP contribution in [-0.2, 0) is 17.6 Å². The van der Waals surface area contributed by atoms with Gasteiger partial charge in [0, 0.05) is 16.7 Å². The number of nitrogens with zero attached hydrogens (tertiary/aromatic N) is 1. The number of nitriles is 1. The maximum Gasteiger partial charge on any atom is 0.280 e. The van der Waals surface area contributed by atoms with E-state index in [0.29, 0.717) is 29.9 Å². The second kappa shape index (κ2) is 7.25. The highest BCUT2D eigenvalue weighted by Crippen LogP contribution is 2.39. The van der Waals surface area contributed by atoms with Gasteiger partial charge in [0.25, 0.3) is 5.91 Å². The van der Waals surface area contributed by atoms with Gasteiger partial charge in [0.1, 0.15) is 11.1 Å². The summed E-state index contributed by atoms with van der Waals surface area (Å²) >= 11 is 1.62. The van der Waals surface area contributed by atoms with E-state index in [1.807, 2.05) is 0 Å². The molecule has 2 N–H and O–H groups in total. The Kier molecular flexibility index (Phi) is 5.27. The molecule has 130 valence electrons. The van der Waals surface area contributed by atoms with Gasteiger partial charge >= 0.3 is 0 Å². The number of nitrogens with one attached hydrogen (secondary N) is 2. The molecule has 0 bridgehead atoms. The van der Waals surface area contributed by atoms with Crippen LogP contribution >= 0.6 is 11.3 Å². The zero-order valence-electron chi connectivity index (χ0n) is 14.9. The number of thiophene rings is 1. The van der Waals surface area contributed by atoms with Crippen LogP contribution in [-0.4, -0.2) is 25.5 Å². The predicted molar refractivity (Wildman–Crippen MR) is 97.4 cm³/mol. The number of quaternary nitrogens is 1. The first-order valence-electron chi connectivity index (χ1n) is 9.14. The van der Waals surface area contributed by atoms with E-state index in [1.165, 1.54) is 21.8 Å². The zero-order valence-corrected chi connectivity index (χ0v) is 15.8. The van der Waals surface area contributed by atoms with E-state index in [1.54, 1.807) is 11.3 Å². The molecule has 3 rings (SSSR count). The van der Waals surface area contributed by atoms with E-state index in [0.717, 1.165) is 37.4 Å². The van der Waals surface area contributed by atoms with Crippen molar-refractivity contribution in [2.75, 3.05) is 25.0 Å². The highest BCUT2D eigenvalue weighted by Gasteiger charge is 2.28. The molecule has 1 aliphatic carbocycles. The number of rotatable bonds is 3. The highest BCUT2D eigenvalue weighted by atomic mass is 32.1. The highest BCUT2D eigenvalue weighted by molar-refractivity contribution is 7.16. The fourth-order valence-corrected chi connectivity index (χ4v) is 5.80. The Bertz CT molecular complexity index is 650. The molecule has 1 amide bonds. The van der Waals surface area contributed by atoms with Crippen molar-refractivity contribution in [1.29, 1.82) is 5.26 Å². The summed E-state index contributed by atoms with van der Waals surface area (Å²) in [5, 5.41) is 13.4. The molecule has 0 unspecified atom stereocenters. The van der Waals surface area contributed by atoms with Crippen molar-refractivity contribution in [3.05, 3.63) is 16.0 Å². The van der Waals surface area contributed by atoms with Crippen LogP contribution in [0.15, 0.2) is 0 Å². The summed E-state index contributed by atoms with van der Waals surface area (Å²) in [6, 6.07) is 2.33. The second-order valence-corrected chi connectivity index (χ2v) is 9.10. The van der Waals surface area contributed by atoms with Gasteiger partial charge in [0.05, 0.1) is 18.7 Å². The van der Waals surface area contributed by atoms with Crippen LogP contribution in [0.4, 0.5) is 5.00 Å². The minimum absolute atomic E-state index is 0.0504. The Balaban J connectivity index is 1.67. The van der Waals surface area contributed by atoms with E-state index in [2.05, 4.69) is 32.2 Å². The number of hydrogen-bond donors (Lipinski definition) is 2. The van der Waals surface area contributed by atoms with Gasteiger partial charge < -0.3 is 10.2 Å². The number of carbonyl (C=O) groups excluding carboxylic acids is 1. The van der Waals surface area contributed by atoms with E-state index in [-0.39, 0.29) is 5.91 Å². The van der Waals surface area contributed by atoms with Crippen LogP contribution in [0.3, 0.4) is 0 Å². The monoisotopic (exact) mass is 346 g/mol. The van der Waals surface area contributed by atoms with Crippen molar-refractivity contribution in [3.8, 4) is 6.07 Å². The molecule has 1 fully saturated rings. The molecule has 0 aromatic carbocycles.